The molecule has 0 saturated carbocycles. The number of aliphatic hydroxyl groups is 1. The molecule has 0 aliphatic rings. The van der Waals surface area contributed by atoms with E-state index in [-0.39, 0.29) is 6.10 Å². The van der Waals surface area contributed by atoms with E-state index in [1.54, 1.807) is 7.11 Å². The third kappa shape index (κ3) is 4.68. The second-order valence-corrected chi connectivity index (χ2v) is 5.48. The highest BCUT2D eigenvalue weighted by Crippen LogP contribution is 2.25. The SMILES string of the molecule is CCC(C)CC(O)Cc1cc(Br)ccc1OC. The molecule has 2 nitrogen and oxygen atoms in total. The first-order valence-corrected chi connectivity index (χ1v) is 6.86. The van der Waals surface area contributed by atoms with Crippen molar-refractivity contribution in [3.63, 3.8) is 0 Å². The molecule has 0 amide bonds. The molecule has 0 bridgehead atoms. The molecule has 0 aliphatic heterocycles. The summed E-state index contributed by atoms with van der Waals surface area (Å²) in [5, 5.41) is 10.0. The smallest absolute Gasteiger partial charge is 0.122 e. The van der Waals surface area contributed by atoms with E-state index in [2.05, 4.69) is 29.8 Å². The second-order valence-electron chi connectivity index (χ2n) is 4.56. The Labute approximate surface area is 112 Å². The molecule has 0 spiro atoms. The maximum atomic E-state index is 10.0. The standard InChI is InChI=1S/C14H21BrO2/c1-4-10(2)7-13(16)9-11-8-12(15)5-6-14(11)17-3/h5-6,8,10,13,16H,4,7,9H2,1-3H3. The predicted molar refractivity (Wildman–Crippen MR) is 74.5 cm³/mol. The molecular weight excluding hydrogens is 280 g/mol. The van der Waals surface area contributed by atoms with Gasteiger partial charge in [-0.1, -0.05) is 36.2 Å². The van der Waals surface area contributed by atoms with E-state index < -0.39 is 0 Å². The monoisotopic (exact) mass is 300 g/mol. The van der Waals surface area contributed by atoms with Crippen LogP contribution in [0.2, 0.25) is 0 Å². The fourth-order valence-electron chi connectivity index (χ4n) is 1.87. The molecule has 1 N–H and O–H groups in total. The van der Waals surface area contributed by atoms with E-state index in [1.165, 1.54) is 0 Å². The highest BCUT2D eigenvalue weighted by Gasteiger charge is 2.13. The van der Waals surface area contributed by atoms with Crippen molar-refractivity contribution in [1.82, 2.24) is 0 Å². The summed E-state index contributed by atoms with van der Waals surface area (Å²) in [6, 6.07) is 5.89. The van der Waals surface area contributed by atoms with Gasteiger partial charge >= 0.3 is 0 Å². The zero-order chi connectivity index (χ0) is 12.8. The normalized spacial score (nSPS) is 14.4. The van der Waals surface area contributed by atoms with Gasteiger partial charge in [-0.25, -0.2) is 0 Å². The van der Waals surface area contributed by atoms with Crippen molar-refractivity contribution in [2.45, 2.75) is 39.2 Å². The number of methoxy groups -OCH3 is 1. The van der Waals surface area contributed by atoms with Gasteiger partial charge in [-0.05, 0) is 36.1 Å². The Kier molecular flexibility index (Phi) is 6.00. The minimum atomic E-state index is -0.298. The third-order valence-corrected chi connectivity index (χ3v) is 3.56. The summed E-state index contributed by atoms with van der Waals surface area (Å²) in [7, 11) is 1.66. The maximum Gasteiger partial charge on any atom is 0.122 e. The van der Waals surface area contributed by atoms with Crippen LogP contribution in [0.5, 0.6) is 5.75 Å². The number of halogens is 1. The van der Waals surface area contributed by atoms with Crippen LogP contribution >= 0.6 is 15.9 Å². The van der Waals surface area contributed by atoms with E-state index >= 15 is 0 Å². The molecule has 1 aromatic rings. The quantitative estimate of drug-likeness (QED) is 0.866. The van der Waals surface area contributed by atoms with Gasteiger partial charge in [0.05, 0.1) is 13.2 Å². The van der Waals surface area contributed by atoms with Crippen LogP contribution in [-0.4, -0.2) is 18.3 Å². The molecule has 0 radical (unpaired) electrons. The Morgan fingerprint density at radius 2 is 2.12 bits per heavy atom. The molecule has 2 atom stereocenters. The van der Waals surface area contributed by atoms with E-state index in [1.807, 2.05) is 18.2 Å². The number of ether oxygens (including phenoxy) is 1. The van der Waals surface area contributed by atoms with Gasteiger partial charge in [0.2, 0.25) is 0 Å². The van der Waals surface area contributed by atoms with Crippen LogP contribution in [0.3, 0.4) is 0 Å². The molecule has 1 rings (SSSR count). The summed E-state index contributed by atoms with van der Waals surface area (Å²) in [5.74, 6) is 1.40. The largest absolute Gasteiger partial charge is 0.496 e. The lowest BCUT2D eigenvalue weighted by molar-refractivity contribution is 0.144. The van der Waals surface area contributed by atoms with Crippen LogP contribution in [0.1, 0.15) is 32.3 Å². The van der Waals surface area contributed by atoms with Crippen LogP contribution in [0.4, 0.5) is 0 Å². The average Bonchev–Trinajstić information content (AvgIpc) is 2.29. The summed E-state index contributed by atoms with van der Waals surface area (Å²) in [6.45, 7) is 4.32. The van der Waals surface area contributed by atoms with Crippen molar-refractivity contribution in [1.29, 1.82) is 0 Å². The molecule has 2 unspecified atom stereocenters. The van der Waals surface area contributed by atoms with Gasteiger partial charge in [0.1, 0.15) is 5.75 Å². The molecule has 0 aliphatic carbocycles. The van der Waals surface area contributed by atoms with Crippen molar-refractivity contribution in [2.75, 3.05) is 7.11 Å². The van der Waals surface area contributed by atoms with Crippen LogP contribution in [0, 0.1) is 5.92 Å². The third-order valence-electron chi connectivity index (χ3n) is 3.07. The van der Waals surface area contributed by atoms with Crippen molar-refractivity contribution >= 4 is 15.9 Å². The molecule has 0 fully saturated rings. The molecule has 0 heterocycles. The topological polar surface area (TPSA) is 29.5 Å². The first-order chi connectivity index (χ1) is 8.06. The van der Waals surface area contributed by atoms with Crippen LogP contribution < -0.4 is 4.74 Å². The van der Waals surface area contributed by atoms with E-state index in [9.17, 15) is 5.11 Å². The second kappa shape index (κ2) is 7.02. The van der Waals surface area contributed by atoms with Crippen molar-refractivity contribution in [3.8, 4) is 5.75 Å². The number of rotatable bonds is 6. The Balaban J connectivity index is 2.69. The summed E-state index contributed by atoms with van der Waals surface area (Å²) < 4.78 is 6.32. The van der Waals surface area contributed by atoms with Gasteiger partial charge in [0.15, 0.2) is 0 Å². The summed E-state index contributed by atoms with van der Waals surface area (Å²) in [4.78, 5) is 0. The Hall–Kier alpha value is -0.540. The molecule has 0 aromatic heterocycles. The highest BCUT2D eigenvalue weighted by molar-refractivity contribution is 9.10. The fourth-order valence-corrected chi connectivity index (χ4v) is 2.28. The van der Waals surface area contributed by atoms with Crippen molar-refractivity contribution < 1.29 is 9.84 Å². The fraction of sp³-hybridized carbons (Fsp3) is 0.571. The minimum absolute atomic E-state index is 0.298. The van der Waals surface area contributed by atoms with Crippen LogP contribution in [-0.2, 0) is 6.42 Å². The van der Waals surface area contributed by atoms with Crippen molar-refractivity contribution in [2.24, 2.45) is 5.92 Å². The van der Waals surface area contributed by atoms with E-state index in [0.717, 1.165) is 28.6 Å². The number of hydrogen-bond acceptors (Lipinski definition) is 2. The summed E-state index contributed by atoms with van der Waals surface area (Å²) >= 11 is 3.44. The molecule has 17 heavy (non-hydrogen) atoms. The lowest BCUT2D eigenvalue weighted by Crippen LogP contribution is -2.15. The molecular formula is C14H21BrO2. The molecule has 3 heteroatoms. The number of benzene rings is 1. The van der Waals surface area contributed by atoms with Gasteiger partial charge in [-0.2, -0.15) is 0 Å². The molecule has 96 valence electrons. The van der Waals surface area contributed by atoms with Gasteiger partial charge in [0.25, 0.3) is 0 Å². The van der Waals surface area contributed by atoms with Gasteiger partial charge in [-0.3, -0.25) is 0 Å². The van der Waals surface area contributed by atoms with E-state index in [4.69, 9.17) is 4.74 Å². The molecule has 1 aromatic carbocycles. The highest BCUT2D eigenvalue weighted by atomic mass is 79.9. The first-order valence-electron chi connectivity index (χ1n) is 6.07. The zero-order valence-corrected chi connectivity index (χ0v) is 12.3. The van der Waals surface area contributed by atoms with E-state index in [0.29, 0.717) is 12.3 Å². The minimum Gasteiger partial charge on any atom is -0.496 e. The number of hydrogen-bond donors (Lipinski definition) is 1. The zero-order valence-electron chi connectivity index (χ0n) is 10.7. The predicted octanol–water partition coefficient (Wildman–Crippen LogP) is 3.80. The summed E-state index contributed by atoms with van der Waals surface area (Å²) in [6.07, 6.45) is 2.29. The van der Waals surface area contributed by atoms with Gasteiger partial charge < -0.3 is 9.84 Å². The van der Waals surface area contributed by atoms with Crippen LogP contribution in [0.25, 0.3) is 0 Å². The Morgan fingerprint density at radius 3 is 2.71 bits per heavy atom. The van der Waals surface area contributed by atoms with Crippen LogP contribution in [0.15, 0.2) is 22.7 Å². The number of aliphatic hydroxyl groups excluding tert-OH is 1. The first kappa shape index (κ1) is 14.5. The lowest BCUT2D eigenvalue weighted by atomic mass is 9.96. The molecule has 0 saturated heterocycles. The van der Waals surface area contributed by atoms with Gasteiger partial charge in [-0.15, -0.1) is 0 Å². The maximum absolute atomic E-state index is 10.0. The lowest BCUT2D eigenvalue weighted by Gasteiger charge is -2.16. The summed E-state index contributed by atoms with van der Waals surface area (Å²) in [5.41, 5.74) is 1.05. The average molecular weight is 301 g/mol. The Bertz CT molecular complexity index is 352. The van der Waals surface area contributed by atoms with Crippen molar-refractivity contribution in [3.05, 3.63) is 28.2 Å². The Morgan fingerprint density at radius 1 is 1.41 bits per heavy atom. The van der Waals surface area contributed by atoms with Gasteiger partial charge in [0, 0.05) is 10.9 Å².